The summed E-state index contributed by atoms with van der Waals surface area (Å²) in [5, 5.41) is 0. The van der Waals surface area contributed by atoms with Crippen LogP contribution in [0.1, 0.15) is 163 Å². The minimum absolute atomic E-state index is 0.0582. The Morgan fingerprint density at radius 1 is 0.552 bits per heavy atom. The van der Waals surface area contributed by atoms with Crippen LogP contribution in [0.15, 0.2) is 0 Å². The van der Waals surface area contributed by atoms with Crippen LogP contribution in [0.25, 0.3) is 0 Å². The van der Waals surface area contributed by atoms with Gasteiger partial charge in [0.15, 0.2) is 0 Å². The standard InChI is InChI=1S/C28H58O/c1-6-8-10-11-12-13-14-15-16-17-18-19-20-21-22-23-25-29-28(4,5)26-27(3)24-9-7-2/h27H,6-26H2,1-5H3. The largest absolute Gasteiger partial charge is 0.376 e. The molecule has 0 bridgehead atoms. The lowest BCUT2D eigenvalue weighted by atomic mass is 9.91. The second-order valence-corrected chi connectivity index (χ2v) is 10.4. The number of hydrogen-bond donors (Lipinski definition) is 0. The highest BCUT2D eigenvalue weighted by Gasteiger charge is 2.21. The third kappa shape index (κ3) is 22.5. The summed E-state index contributed by atoms with van der Waals surface area (Å²) in [7, 11) is 0. The smallest absolute Gasteiger partial charge is 0.0629 e. The van der Waals surface area contributed by atoms with Crippen molar-refractivity contribution in [3.63, 3.8) is 0 Å². The summed E-state index contributed by atoms with van der Waals surface area (Å²) in [6, 6.07) is 0. The van der Waals surface area contributed by atoms with Crippen LogP contribution in [-0.4, -0.2) is 12.2 Å². The molecule has 1 heteroatoms. The lowest BCUT2D eigenvalue weighted by Crippen LogP contribution is -2.27. The molecule has 0 spiro atoms. The van der Waals surface area contributed by atoms with Crippen molar-refractivity contribution in [3.8, 4) is 0 Å². The molecule has 0 fully saturated rings. The Morgan fingerprint density at radius 3 is 1.34 bits per heavy atom. The molecular weight excluding hydrogens is 352 g/mol. The maximum atomic E-state index is 6.20. The maximum Gasteiger partial charge on any atom is 0.0629 e. The van der Waals surface area contributed by atoms with Crippen LogP contribution in [0.4, 0.5) is 0 Å². The summed E-state index contributed by atoms with van der Waals surface area (Å²) >= 11 is 0. The molecule has 0 radical (unpaired) electrons. The summed E-state index contributed by atoms with van der Waals surface area (Å²) < 4.78 is 6.20. The molecule has 0 saturated heterocycles. The molecule has 1 atom stereocenters. The zero-order chi connectivity index (χ0) is 21.6. The number of hydrogen-bond acceptors (Lipinski definition) is 1. The van der Waals surface area contributed by atoms with Crippen molar-refractivity contribution in [2.24, 2.45) is 5.92 Å². The van der Waals surface area contributed by atoms with E-state index in [0.717, 1.165) is 12.5 Å². The molecule has 0 rings (SSSR count). The first kappa shape index (κ1) is 29.0. The van der Waals surface area contributed by atoms with E-state index in [1.54, 1.807) is 0 Å². The zero-order valence-electron chi connectivity index (χ0n) is 21.3. The van der Waals surface area contributed by atoms with E-state index in [4.69, 9.17) is 4.74 Å². The first-order valence-electron chi connectivity index (χ1n) is 13.7. The number of unbranched alkanes of at least 4 members (excludes halogenated alkanes) is 16. The summed E-state index contributed by atoms with van der Waals surface area (Å²) in [5.74, 6) is 0.788. The predicted molar refractivity (Wildman–Crippen MR) is 133 cm³/mol. The van der Waals surface area contributed by atoms with Crippen LogP contribution in [0.3, 0.4) is 0 Å². The molecule has 0 aromatic carbocycles. The third-order valence-corrected chi connectivity index (χ3v) is 6.38. The Kier molecular flexibility index (Phi) is 21.2. The molecule has 29 heavy (non-hydrogen) atoms. The molecule has 0 N–H and O–H groups in total. The second-order valence-electron chi connectivity index (χ2n) is 10.4. The van der Waals surface area contributed by atoms with Gasteiger partial charge in [0.1, 0.15) is 0 Å². The Balaban J connectivity index is 3.29. The summed E-state index contributed by atoms with van der Waals surface area (Å²) in [6.45, 7) is 12.5. The zero-order valence-corrected chi connectivity index (χ0v) is 21.3. The molecule has 0 aliphatic rings. The highest BCUT2D eigenvalue weighted by Crippen LogP contribution is 2.24. The van der Waals surface area contributed by atoms with Gasteiger partial charge < -0.3 is 4.74 Å². The van der Waals surface area contributed by atoms with E-state index in [0.29, 0.717) is 0 Å². The van der Waals surface area contributed by atoms with Gasteiger partial charge in [0.2, 0.25) is 0 Å². The summed E-state index contributed by atoms with van der Waals surface area (Å²) in [6.07, 6.45) is 28.1. The third-order valence-electron chi connectivity index (χ3n) is 6.38. The second kappa shape index (κ2) is 21.2. The van der Waals surface area contributed by atoms with Crippen LogP contribution in [0, 0.1) is 5.92 Å². The van der Waals surface area contributed by atoms with Crippen LogP contribution in [0.2, 0.25) is 0 Å². The van der Waals surface area contributed by atoms with Gasteiger partial charge in [0.05, 0.1) is 5.60 Å². The Labute approximate surface area is 186 Å². The van der Waals surface area contributed by atoms with Gasteiger partial charge >= 0.3 is 0 Å². The fourth-order valence-corrected chi connectivity index (χ4v) is 4.55. The SMILES string of the molecule is CCCCCCCCCCCCCCCCCCOC(C)(C)CC(C)CCCC. The Hall–Kier alpha value is -0.0400. The van der Waals surface area contributed by atoms with Crippen LogP contribution in [0.5, 0.6) is 0 Å². The first-order valence-corrected chi connectivity index (χ1v) is 13.7. The molecule has 0 heterocycles. The van der Waals surface area contributed by atoms with E-state index in [1.165, 1.54) is 128 Å². The normalized spacial score (nSPS) is 13.1. The summed E-state index contributed by atoms with van der Waals surface area (Å²) in [4.78, 5) is 0. The molecule has 1 unspecified atom stereocenters. The van der Waals surface area contributed by atoms with E-state index >= 15 is 0 Å². The van der Waals surface area contributed by atoms with Gasteiger partial charge in [-0.3, -0.25) is 0 Å². The van der Waals surface area contributed by atoms with Crippen molar-refractivity contribution < 1.29 is 4.74 Å². The highest BCUT2D eigenvalue weighted by molar-refractivity contribution is 4.72. The molecule has 0 saturated carbocycles. The number of ether oxygens (including phenoxy) is 1. The van der Waals surface area contributed by atoms with Crippen molar-refractivity contribution in [1.29, 1.82) is 0 Å². The molecule has 0 aliphatic heterocycles. The van der Waals surface area contributed by atoms with Crippen molar-refractivity contribution in [3.05, 3.63) is 0 Å². The Bertz CT molecular complexity index is 309. The van der Waals surface area contributed by atoms with Gasteiger partial charge in [-0.05, 0) is 32.6 Å². The molecule has 0 amide bonds. The molecule has 0 aliphatic carbocycles. The van der Waals surface area contributed by atoms with Gasteiger partial charge in [0, 0.05) is 6.61 Å². The Morgan fingerprint density at radius 2 is 0.931 bits per heavy atom. The average molecular weight is 411 g/mol. The predicted octanol–water partition coefficient (Wildman–Crippen LogP) is 10.3. The van der Waals surface area contributed by atoms with Gasteiger partial charge in [-0.25, -0.2) is 0 Å². The quantitative estimate of drug-likeness (QED) is 0.152. The van der Waals surface area contributed by atoms with E-state index in [9.17, 15) is 0 Å². The van der Waals surface area contributed by atoms with Crippen LogP contribution < -0.4 is 0 Å². The van der Waals surface area contributed by atoms with E-state index < -0.39 is 0 Å². The van der Waals surface area contributed by atoms with Gasteiger partial charge in [0.25, 0.3) is 0 Å². The van der Waals surface area contributed by atoms with Crippen molar-refractivity contribution >= 4 is 0 Å². The maximum absolute atomic E-state index is 6.20. The monoisotopic (exact) mass is 410 g/mol. The molecule has 0 aromatic heterocycles. The fraction of sp³-hybridized carbons (Fsp3) is 1.00. The lowest BCUT2D eigenvalue weighted by molar-refractivity contribution is -0.0350. The molecule has 0 aromatic rings. The van der Waals surface area contributed by atoms with Crippen LogP contribution >= 0.6 is 0 Å². The highest BCUT2D eigenvalue weighted by atomic mass is 16.5. The van der Waals surface area contributed by atoms with Crippen molar-refractivity contribution in [2.45, 2.75) is 169 Å². The minimum Gasteiger partial charge on any atom is -0.376 e. The van der Waals surface area contributed by atoms with Crippen molar-refractivity contribution in [2.75, 3.05) is 6.61 Å². The van der Waals surface area contributed by atoms with Gasteiger partial charge in [-0.1, -0.05) is 136 Å². The summed E-state index contributed by atoms with van der Waals surface area (Å²) in [5.41, 5.74) is 0.0582. The minimum atomic E-state index is 0.0582. The fourth-order valence-electron chi connectivity index (χ4n) is 4.55. The van der Waals surface area contributed by atoms with E-state index in [-0.39, 0.29) is 5.60 Å². The molecule has 176 valence electrons. The van der Waals surface area contributed by atoms with Crippen LogP contribution in [-0.2, 0) is 4.74 Å². The van der Waals surface area contributed by atoms with E-state index in [2.05, 4.69) is 34.6 Å². The average Bonchev–Trinajstić information content (AvgIpc) is 2.68. The topological polar surface area (TPSA) is 9.23 Å². The van der Waals surface area contributed by atoms with E-state index in [1.807, 2.05) is 0 Å². The van der Waals surface area contributed by atoms with Gasteiger partial charge in [-0.15, -0.1) is 0 Å². The van der Waals surface area contributed by atoms with Gasteiger partial charge in [-0.2, -0.15) is 0 Å². The lowest BCUT2D eigenvalue weighted by Gasteiger charge is -2.28. The molecule has 1 nitrogen and oxygen atoms in total. The molecular formula is C28H58O. The van der Waals surface area contributed by atoms with Crippen molar-refractivity contribution in [1.82, 2.24) is 0 Å². The first-order chi connectivity index (χ1) is 14.0. The number of rotatable bonds is 23.